The molecule has 2 N–H and O–H groups in total. The molecule has 0 radical (unpaired) electrons. The van der Waals surface area contributed by atoms with Crippen LogP contribution in [0.5, 0.6) is 11.5 Å². The Morgan fingerprint density at radius 1 is 1.07 bits per heavy atom. The van der Waals surface area contributed by atoms with Crippen molar-refractivity contribution in [1.29, 1.82) is 0 Å². The summed E-state index contributed by atoms with van der Waals surface area (Å²) in [4.78, 5) is 37.9. The monoisotopic (exact) mass is 383 g/mol. The molecule has 0 aromatic heterocycles. The van der Waals surface area contributed by atoms with E-state index in [1.165, 1.54) is 14.2 Å². The highest BCUT2D eigenvalue weighted by Gasteiger charge is 2.38. The topological polar surface area (TPSA) is 97.0 Å². The van der Waals surface area contributed by atoms with Crippen molar-refractivity contribution in [1.82, 2.24) is 10.2 Å². The molecule has 4 amide bonds. The highest BCUT2D eigenvalue weighted by atomic mass is 16.5. The standard InChI is InChI=1S/C20H21N3O5/c1-27-16-9-8-14(11-17(16)28-2)21-18(24)12-23-19(25)15(22-20(23)26)10-13-6-4-3-5-7-13/h3-9,11,15H,10,12H2,1-2H3,(H,21,24)(H,22,26)/t15-/m0/s1. The van der Waals surface area contributed by atoms with Crippen LogP contribution in [-0.2, 0) is 16.0 Å². The fraction of sp³-hybridized carbons (Fsp3) is 0.250. The smallest absolute Gasteiger partial charge is 0.325 e. The molecular weight excluding hydrogens is 362 g/mol. The maximum absolute atomic E-state index is 12.5. The van der Waals surface area contributed by atoms with Gasteiger partial charge in [-0.1, -0.05) is 30.3 Å². The van der Waals surface area contributed by atoms with Gasteiger partial charge >= 0.3 is 6.03 Å². The van der Waals surface area contributed by atoms with Crippen LogP contribution in [-0.4, -0.2) is 49.6 Å². The summed E-state index contributed by atoms with van der Waals surface area (Å²) < 4.78 is 10.3. The summed E-state index contributed by atoms with van der Waals surface area (Å²) in [6, 6.07) is 13.0. The maximum atomic E-state index is 12.5. The van der Waals surface area contributed by atoms with E-state index in [4.69, 9.17) is 9.47 Å². The SMILES string of the molecule is COc1ccc(NC(=O)CN2C(=O)N[C@@H](Cc3ccccc3)C2=O)cc1OC. The van der Waals surface area contributed by atoms with Crippen molar-refractivity contribution in [3.63, 3.8) is 0 Å². The third-order valence-electron chi connectivity index (χ3n) is 4.36. The first-order valence-corrected chi connectivity index (χ1v) is 8.69. The van der Waals surface area contributed by atoms with E-state index < -0.39 is 23.9 Å². The van der Waals surface area contributed by atoms with Crippen molar-refractivity contribution in [2.45, 2.75) is 12.5 Å². The number of imide groups is 1. The van der Waals surface area contributed by atoms with Crippen molar-refractivity contribution in [3.8, 4) is 11.5 Å². The highest BCUT2D eigenvalue weighted by Crippen LogP contribution is 2.29. The van der Waals surface area contributed by atoms with Crippen LogP contribution in [0.25, 0.3) is 0 Å². The van der Waals surface area contributed by atoms with E-state index in [0.717, 1.165) is 10.5 Å². The molecule has 146 valence electrons. The first-order chi connectivity index (χ1) is 13.5. The highest BCUT2D eigenvalue weighted by molar-refractivity contribution is 6.08. The number of nitrogens with zero attached hydrogens (tertiary/aromatic N) is 1. The maximum Gasteiger partial charge on any atom is 0.325 e. The molecule has 0 aliphatic carbocycles. The minimum atomic E-state index is -0.677. The second-order valence-corrected chi connectivity index (χ2v) is 6.23. The predicted molar refractivity (Wildman–Crippen MR) is 102 cm³/mol. The normalized spacial score (nSPS) is 15.9. The lowest BCUT2D eigenvalue weighted by atomic mass is 10.1. The van der Waals surface area contributed by atoms with E-state index >= 15 is 0 Å². The van der Waals surface area contributed by atoms with Crippen molar-refractivity contribution in [2.75, 3.05) is 26.1 Å². The number of methoxy groups -OCH3 is 2. The predicted octanol–water partition coefficient (Wildman–Crippen LogP) is 1.81. The second kappa shape index (κ2) is 8.43. The van der Waals surface area contributed by atoms with Crippen LogP contribution in [0.1, 0.15) is 5.56 Å². The number of hydrogen-bond acceptors (Lipinski definition) is 5. The zero-order valence-electron chi connectivity index (χ0n) is 15.6. The number of hydrogen-bond donors (Lipinski definition) is 2. The number of amides is 4. The molecular formula is C20H21N3O5. The van der Waals surface area contributed by atoms with Gasteiger partial charge in [0.05, 0.1) is 14.2 Å². The van der Waals surface area contributed by atoms with E-state index in [0.29, 0.717) is 23.6 Å². The fourth-order valence-corrected chi connectivity index (χ4v) is 2.97. The van der Waals surface area contributed by atoms with E-state index in [9.17, 15) is 14.4 Å². The summed E-state index contributed by atoms with van der Waals surface area (Å²) >= 11 is 0. The van der Waals surface area contributed by atoms with Gasteiger partial charge < -0.3 is 20.1 Å². The molecule has 1 aliphatic rings. The first-order valence-electron chi connectivity index (χ1n) is 8.69. The van der Waals surface area contributed by atoms with Crippen LogP contribution in [0, 0.1) is 0 Å². The molecule has 2 aromatic rings. The van der Waals surface area contributed by atoms with E-state index in [1.807, 2.05) is 30.3 Å². The Morgan fingerprint density at radius 3 is 2.46 bits per heavy atom. The number of nitrogens with one attached hydrogen (secondary N) is 2. The summed E-state index contributed by atoms with van der Waals surface area (Å²) in [6.07, 6.45) is 0.374. The molecule has 28 heavy (non-hydrogen) atoms. The van der Waals surface area contributed by atoms with Crippen LogP contribution in [0.3, 0.4) is 0 Å². The molecule has 1 heterocycles. The largest absolute Gasteiger partial charge is 0.493 e. The first kappa shape index (κ1) is 19.2. The van der Waals surface area contributed by atoms with Crippen LogP contribution in [0.4, 0.5) is 10.5 Å². The Bertz CT molecular complexity index is 885. The van der Waals surface area contributed by atoms with Gasteiger partial charge in [-0.05, 0) is 17.7 Å². The van der Waals surface area contributed by atoms with Gasteiger partial charge in [-0.3, -0.25) is 14.5 Å². The van der Waals surface area contributed by atoms with Gasteiger partial charge in [0, 0.05) is 18.2 Å². The third-order valence-corrected chi connectivity index (χ3v) is 4.36. The van der Waals surface area contributed by atoms with Gasteiger partial charge in [-0.2, -0.15) is 0 Å². The van der Waals surface area contributed by atoms with Crippen molar-refractivity contribution >= 4 is 23.5 Å². The lowest BCUT2D eigenvalue weighted by Gasteiger charge is -2.14. The van der Waals surface area contributed by atoms with Crippen molar-refractivity contribution in [3.05, 3.63) is 54.1 Å². The van der Waals surface area contributed by atoms with Crippen LogP contribution < -0.4 is 20.1 Å². The Balaban J connectivity index is 1.62. The fourth-order valence-electron chi connectivity index (χ4n) is 2.97. The molecule has 2 aromatic carbocycles. The number of ether oxygens (including phenoxy) is 2. The number of anilines is 1. The summed E-state index contributed by atoms with van der Waals surface area (Å²) in [6.45, 7) is -0.371. The summed E-state index contributed by atoms with van der Waals surface area (Å²) in [5, 5.41) is 5.28. The summed E-state index contributed by atoms with van der Waals surface area (Å²) in [7, 11) is 3.00. The molecule has 1 aliphatic heterocycles. The Hall–Kier alpha value is -3.55. The average molecular weight is 383 g/mol. The van der Waals surface area contributed by atoms with E-state index in [1.54, 1.807) is 18.2 Å². The van der Waals surface area contributed by atoms with E-state index in [-0.39, 0.29) is 6.54 Å². The number of urea groups is 1. The number of carbonyl (C=O) groups is 3. The lowest BCUT2D eigenvalue weighted by molar-refractivity contribution is -0.130. The minimum Gasteiger partial charge on any atom is -0.493 e. The molecule has 0 saturated carbocycles. The lowest BCUT2D eigenvalue weighted by Crippen LogP contribution is -2.38. The molecule has 0 bridgehead atoms. The van der Waals surface area contributed by atoms with Crippen LogP contribution in [0.2, 0.25) is 0 Å². The Morgan fingerprint density at radius 2 is 1.79 bits per heavy atom. The van der Waals surface area contributed by atoms with Crippen molar-refractivity contribution < 1.29 is 23.9 Å². The summed E-state index contributed by atoms with van der Waals surface area (Å²) in [5.41, 5.74) is 1.40. The Kier molecular flexibility index (Phi) is 5.78. The second-order valence-electron chi connectivity index (χ2n) is 6.23. The molecule has 8 heteroatoms. The van der Waals surface area contributed by atoms with Gasteiger partial charge in [0.25, 0.3) is 5.91 Å². The molecule has 0 spiro atoms. The number of carbonyl (C=O) groups excluding carboxylic acids is 3. The molecule has 1 atom stereocenters. The zero-order chi connectivity index (χ0) is 20.1. The molecule has 1 saturated heterocycles. The number of rotatable bonds is 7. The van der Waals surface area contributed by atoms with Gasteiger partial charge in [-0.25, -0.2) is 4.79 Å². The molecule has 0 unspecified atom stereocenters. The van der Waals surface area contributed by atoms with E-state index in [2.05, 4.69) is 10.6 Å². The third kappa shape index (κ3) is 4.22. The quantitative estimate of drug-likeness (QED) is 0.711. The molecule has 3 rings (SSSR count). The number of benzene rings is 2. The zero-order valence-corrected chi connectivity index (χ0v) is 15.6. The van der Waals surface area contributed by atoms with Gasteiger partial charge in [-0.15, -0.1) is 0 Å². The van der Waals surface area contributed by atoms with Gasteiger partial charge in [0.2, 0.25) is 5.91 Å². The van der Waals surface area contributed by atoms with Gasteiger partial charge in [0.1, 0.15) is 12.6 Å². The molecule has 1 fully saturated rings. The molecule has 8 nitrogen and oxygen atoms in total. The summed E-state index contributed by atoms with van der Waals surface area (Å²) in [5.74, 6) is 0.0731. The van der Waals surface area contributed by atoms with Crippen LogP contribution in [0.15, 0.2) is 48.5 Å². The average Bonchev–Trinajstić information content (AvgIpc) is 2.96. The van der Waals surface area contributed by atoms with Gasteiger partial charge in [0.15, 0.2) is 11.5 Å². The van der Waals surface area contributed by atoms with Crippen LogP contribution >= 0.6 is 0 Å². The van der Waals surface area contributed by atoms with Crippen molar-refractivity contribution in [2.24, 2.45) is 0 Å². The Labute approximate surface area is 162 Å². The minimum absolute atomic E-state index is 0.371.